The zero-order valence-electron chi connectivity index (χ0n) is 40.1. The Morgan fingerprint density at radius 3 is 2.18 bits per heavy atom. The second kappa shape index (κ2) is 30.6. The summed E-state index contributed by atoms with van der Waals surface area (Å²) in [5.41, 5.74) is -1.25. The Morgan fingerprint density at radius 2 is 1.68 bits per heavy atom. The van der Waals surface area contributed by atoms with Gasteiger partial charge in [-0.15, -0.1) is 11.6 Å². The Labute approximate surface area is 400 Å². The second-order valence-corrected chi connectivity index (χ2v) is 17.8. The predicted molar refractivity (Wildman–Crippen MR) is 254 cm³/mol. The number of carbonyl (C=O) groups excluding carboxylic acids is 3. The molecule has 17 heteroatoms. The minimum Gasteiger partial charge on any atom is -0.349 e. The Hall–Kier alpha value is -3.79. The Kier molecular flexibility index (Phi) is 28.8. The number of halogens is 10. The molecule has 0 radical (unpaired) electrons. The molecule has 0 aliphatic heterocycles. The monoisotopic (exact) mass is 1030 g/mol. The van der Waals surface area contributed by atoms with E-state index >= 15 is 0 Å². The van der Waals surface area contributed by atoms with Gasteiger partial charge in [-0.1, -0.05) is 102 Å². The summed E-state index contributed by atoms with van der Waals surface area (Å²) in [6.45, 7) is 16.4. The van der Waals surface area contributed by atoms with Crippen molar-refractivity contribution in [2.24, 2.45) is 17.3 Å². The van der Waals surface area contributed by atoms with Gasteiger partial charge in [0.05, 0.1) is 23.6 Å². The van der Waals surface area contributed by atoms with E-state index in [1.54, 1.807) is 45.1 Å². The molecular formula is C49H70BrClF8N4O3. The fourth-order valence-corrected chi connectivity index (χ4v) is 7.67. The maximum absolute atomic E-state index is 13.9. The van der Waals surface area contributed by atoms with Gasteiger partial charge in [-0.3, -0.25) is 14.3 Å². The molecule has 3 rings (SSSR count). The fourth-order valence-electron chi connectivity index (χ4n) is 6.95. The Morgan fingerprint density at radius 1 is 1.06 bits per heavy atom. The Bertz CT molecular complexity index is 1930. The number of hydrogen-bond donors (Lipinski definition) is 2. The maximum Gasteiger partial charge on any atom is 0.435 e. The van der Waals surface area contributed by atoms with Crippen LogP contribution in [0.4, 0.5) is 35.1 Å². The molecular weight excluding hydrogens is 960 g/mol. The fraction of sp³-hybridized carbons (Fsp3) is 0.592. The van der Waals surface area contributed by atoms with Crippen molar-refractivity contribution in [3.8, 4) is 0 Å². The highest BCUT2D eigenvalue weighted by Crippen LogP contribution is 2.64. The van der Waals surface area contributed by atoms with E-state index in [-0.39, 0.29) is 47.4 Å². The number of rotatable bonds is 22. The first-order valence-corrected chi connectivity index (χ1v) is 23.7. The van der Waals surface area contributed by atoms with Crippen LogP contribution in [-0.2, 0) is 27.1 Å². The third-order valence-electron chi connectivity index (χ3n) is 10.3. The van der Waals surface area contributed by atoms with E-state index in [4.69, 9.17) is 16.4 Å². The van der Waals surface area contributed by atoms with E-state index in [1.165, 1.54) is 32.2 Å². The molecule has 1 saturated carbocycles. The third-order valence-corrected chi connectivity index (χ3v) is 11.0. The van der Waals surface area contributed by atoms with Gasteiger partial charge in [-0.05, 0) is 113 Å². The van der Waals surface area contributed by atoms with Crippen LogP contribution in [0.3, 0.4) is 0 Å². The number of allylic oxidation sites excluding steroid dienone is 7. The maximum atomic E-state index is 13.9. The van der Waals surface area contributed by atoms with E-state index in [0.717, 1.165) is 36.3 Å². The average molecular weight is 1030 g/mol. The van der Waals surface area contributed by atoms with Crippen LogP contribution < -0.4 is 10.6 Å². The molecule has 1 aromatic heterocycles. The van der Waals surface area contributed by atoms with Crippen molar-refractivity contribution in [2.45, 2.75) is 165 Å². The van der Waals surface area contributed by atoms with Gasteiger partial charge in [0.1, 0.15) is 12.1 Å². The molecule has 0 saturated heterocycles. The summed E-state index contributed by atoms with van der Waals surface area (Å²) in [5, 5.41) is 8.54. The van der Waals surface area contributed by atoms with Gasteiger partial charge in [0.2, 0.25) is 5.91 Å². The van der Waals surface area contributed by atoms with Crippen LogP contribution in [0.25, 0.3) is 5.57 Å². The summed E-state index contributed by atoms with van der Waals surface area (Å²) >= 11 is 9.07. The summed E-state index contributed by atoms with van der Waals surface area (Å²) in [5.74, 6) is -1.22. The molecule has 1 aliphatic rings. The van der Waals surface area contributed by atoms with Crippen molar-refractivity contribution in [1.29, 1.82) is 0 Å². The Balaban J connectivity index is 0.00000135. The number of ketones is 1. The second-order valence-electron chi connectivity index (χ2n) is 16.5. The molecule has 1 fully saturated rings. The van der Waals surface area contributed by atoms with Gasteiger partial charge in [0.15, 0.2) is 5.69 Å². The van der Waals surface area contributed by atoms with Crippen LogP contribution in [0.5, 0.6) is 0 Å². The van der Waals surface area contributed by atoms with E-state index in [0.29, 0.717) is 47.2 Å². The lowest BCUT2D eigenvalue weighted by Crippen LogP contribution is -2.48. The van der Waals surface area contributed by atoms with Gasteiger partial charge in [0.25, 0.3) is 6.43 Å². The molecule has 1 aromatic carbocycles. The molecule has 1 aliphatic carbocycles. The quantitative estimate of drug-likeness (QED) is 0.0403. The molecule has 2 N–H and O–H groups in total. The van der Waals surface area contributed by atoms with Gasteiger partial charge in [-0.25, -0.2) is 13.2 Å². The number of unbranched alkanes of at least 4 members (excludes halogenated alkanes) is 1. The molecule has 1 heterocycles. The van der Waals surface area contributed by atoms with Crippen molar-refractivity contribution in [3.63, 3.8) is 0 Å². The number of aldehydes is 1. The van der Waals surface area contributed by atoms with Crippen LogP contribution in [0.1, 0.15) is 162 Å². The summed E-state index contributed by atoms with van der Waals surface area (Å²) < 4.78 is 108. The van der Waals surface area contributed by atoms with Crippen molar-refractivity contribution in [2.75, 3.05) is 5.88 Å². The van der Waals surface area contributed by atoms with Crippen LogP contribution >= 0.6 is 27.5 Å². The van der Waals surface area contributed by atoms with Crippen LogP contribution in [-0.4, -0.2) is 45.7 Å². The highest BCUT2D eigenvalue weighted by molar-refractivity contribution is 9.10. The van der Waals surface area contributed by atoms with E-state index in [1.807, 2.05) is 52.9 Å². The highest BCUT2D eigenvalue weighted by Gasteiger charge is 2.59. The lowest BCUT2D eigenvalue weighted by molar-refractivity contribution is -0.141. The average Bonchev–Trinajstić information content (AvgIpc) is 3.80. The van der Waals surface area contributed by atoms with Crippen LogP contribution in [0, 0.1) is 17.3 Å². The number of hydrogen-bond acceptors (Lipinski definition) is 5. The summed E-state index contributed by atoms with van der Waals surface area (Å²) in [6.07, 6.45) is 6.00. The van der Waals surface area contributed by atoms with E-state index < -0.39 is 53.5 Å². The largest absolute Gasteiger partial charge is 0.435 e. The van der Waals surface area contributed by atoms with Gasteiger partial charge >= 0.3 is 12.7 Å². The predicted octanol–water partition coefficient (Wildman–Crippen LogP) is 15.3. The molecule has 66 heavy (non-hydrogen) atoms. The molecule has 7 nitrogen and oxygen atoms in total. The van der Waals surface area contributed by atoms with Crippen molar-refractivity contribution >= 4 is 51.1 Å². The van der Waals surface area contributed by atoms with E-state index in [2.05, 4.69) is 26.3 Å². The normalized spacial score (nSPS) is 17.5. The molecule has 4 unspecified atom stereocenters. The number of nitrogens with zero attached hydrogens (tertiary/aromatic N) is 2. The highest BCUT2D eigenvalue weighted by atomic mass is 79.9. The summed E-state index contributed by atoms with van der Waals surface area (Å²) in [4.78, 5) is 34.3. The summed E-state index contributed by atoms with van der Waals surface area (Å²) in [7, 11) is 0. The minimum absolute atomic E-state index is 0.0233. The molecule has 0 bridgehead atoms. The van der Waals surface area contributed by atoms with Crippen molar-refractivity contribution in [1.82, 2.24) is 20.4 Å². The number of aromatic nitrogens is 2. The number of carbonyl (C=O) groups is 3. The molecule has 0 spiro atoms. The van der Waals surface area contributed by atoms with E-state index in [9.17, 15) is 44.7 Å². The summed E-state index contributed by atoms with van der Waals surface area (Å²) in [6, 6.07) is 5.80. The third kappa shape index (κ3) is 21.4. The molecule has 374 valence electrons. The van der Waals surface area contributed by atoms with Crippen molar-refractivity contribution < 1.29 is 49.5 Å². The number of Topliss-reactive ketones (excluding diaryl/α,β-unsaturated/α-hetero) is 1. The number of benzene rings is 1. The zero-order chi connectivity index (χ0) is 51.0. The van der Waals surface area contributed by atoms with Gasteiger partial charge < -0.3 is 15.4 Å². The van der Waals surface area contributed by atoms with Gasteiger partial charge in [0, 0.05) is 39.9 Å². The molecule has 1 amide bonds. The van der Waals surface area contributed by atoms with Crippen LogP contribution in [0.2, 0.25) is 0 Å². The lowest BCUT2D eigenvalue weighted by atomic mass is 9.88. The van der Waals surface area contributed by atoms with Crippen molar-refractivity contribution in [3.05, 3.63) is 93.2 Å². The first kappa shape index (κ1) is 62.2. The number of amides is 1. The zero-order valence-corrected chi connectivity index (χ0v) is 42.5. The topological polar surface area (TPSA) is 93.1 Å². The minimum atomic E-state index is -4.72. The van der Waals surface area contributed by atoms with Gasteiger partial charge in [-0.2, -0.15) is 27.1 Å². The lowest BCUT2D eigenvalue weighted by Gasteiger charge is -2.29. The standard InChI is InChI=1S/C29H42F6N4O.C16H18BrClF2O.C2H4O.C2H6/c1-8-10-11-12-22(17-36-27(31)32)14-20(4)26(40)37-28(6,7)18-39-24(16-25(38-39)29(33,34)35)23(15-21(5)30)13-19(3)9-2;1-2-3-14(21)16(6-7-18)9-13(16)11-5-4-10(17)8-12(11)15(19)20;1-2-3;1-2/h11-13,15-17,19-20,27,36H,8-10,14,18H2,1-7H3,(H,37,40);4-5,8,13,15H,2-3,6-7,9H2,1H3;2H,1H3;1-2H3/b12-11-,21-15+,22-17+,23-13+;;;. The SMILES string of the molecule is CC.CC=O.CCC/C=C\C(=C/NC(F)F)CC(C)C(=O)NC(C)(C)Cn1nc(C(F)(F)F)cc1C(/C=C(\C)F)=C/C(C)CC.CCCC(=O)C1(CCCl)CC1c1ccc(Br)cc1C(F)F. The number of alkyl halides is 8. The first-order valence-electron chi connectivity index (χ1n) is 22.4. The number of nitrogens with one attached hydrogen (secondary N) is 2. The first-order chi connectivity index (χ1) is 30.9. The molecule has 2 aromatic rings. The molecule has 4 atom stereocenters. The smallest absolute Gasteiger partial charge is 0.349 e. The van der Waals surface area contributed by atoms with Crippen LogP contribution in [0.15, 0.2) is 70.6 Å².